The maximum Gasteiger partial charge on any atom is 0.348 e. The van der Waals surface area contributed by atoms with Gasteiger partial charge in [-0.25, -0.2) is 9.59 Å². The number of nitrogens with one attached hydrogen (secondary N) is 2. The number of benzene rings is 1. The van der Waals surface area contributed by atoms with Gasteiger partial charge in [-0.2, -0.15) is 0 Å². The van der Waals surface area contributed by atoms with Crippen LogP contribution in [0, 0.1) is 0 Å². The van der Waals surface area contributed by atoms with Gasteiger partial charge in [0.2, 0.25) is 0 Å². The number of hydrogen-bond acceptors (Lipinski definition) is 8. The molecule has 2 amide bonds. The molecular formula is C20H16N2O7S. The summed E-state index contributed by atoms with van der Waals surface area (Å²) >= 11 is 0.991. The molecule has 3 aromatic rings. The third-order valence-electron chi connectivity index (χ3n) is 3.73. The molecule has 0 saturated carbocycles. The van der Waals surface area contributed by atoms with Crippen LogP contribution in [0.5, 0.6) is 0 Å². The van der Waals surface area contributed by atoms with Crippen LogP contribution >= 0.6 is 11.3 Å². The second-order valence-electron chi connectivity index (χ2n) is 5.76. The molecule has 9 nitrogen and oxygen atoms in total. The maximum absolute atomic E-state index is 12.2. The van der Waals surface area contributed by atoms with Crippen LogP contribution in [-0.4, -0.2) is 37.5 Å². The smallest absolute Gasteiger partial charge is 0.348 e. The van der Waals surface area contributed by atoms with E-state index in [0.29, 0.717) is 5.00 Å². The molecule has 0 aliphatic carbocycles. The van der Waals surface area contributed by atoms with Crippen LogP contribution in [0.3, 0.4) is 0 Å². The number of furan rings is 1. The summed E-state index contributed by atoms with van der Waals surface area (Å²) in [5, 5.41) is 5.51. The van der Waals surface area contributed by atoms with Crippen molar-refractivity contribution in [1.29, 1.82) is 0 Å². The number of ether oxygens (including phenoxy) is 2. The molecule has 0 radical (unpaired) electrons. The minimum atomic E-state index is -0.727. The minimum absolute atomic E-state index is 0.136. The van der Waals surface area contributed by atoms with Crippen molar-refractivity contribution in [2.45, 2.75) is 0 Å². The zero-order chi connectivity index (χ0) is 21.5. The number of carbonyl (C=O) groups excluding carboxylic acids is 4. The molecule has 0 aliphatic rings. The van der Waals surface area contributed by atoms with Gasteiger partial charge in [-0.15, -0.1) is 11.3 Å². The fraction of sp³-hybridized carbons (Fsp3) is 0.100. The molecule has 10 heteroatoms. The van der Waals surface area contributed by atoms with E-state index in [1.54, 1.807) is 18.2 Å². The Hall–Kier alpha value is -3.92. The summed E-state index contributed by atoms with van der Waals surface area (Å²) in [5.74, 6) is -2.27. The first-order valence-corrected chi connectivity index (χ1v) is 9.38. The van der Waals surface area contributed by atoms with Crippen molar-refractivity contribution >= 4 is 45.8 Å². The maximum atomic E-state index is 12.2. The SMILES string of the molecule is COC(=O)c1ccccc1NC(=O)COC(=O)c1ccc(NC(=O)c2ccco2)s1. The molecule has 0 unspecified atom stereocenters. The molecule has 1 aromatic carbocycles. The summed E-state index contributed by atoms with van der Waals surface area (Å²) in [5.41, 5.74) is 0.416. The van der Waals surface area contributed by atoms with Gasteiger partial charge in [0.1, 0.15) is 4.88 Å². The highest BCUT2D eigenvalue weighted by Crippen LogP contribution is 2.23. The Labute approximate surface area is 174 Å². The number of anilines is 2. The highest BCUT2D eigenvalue weighted by atomic mass is 32.1. The van der Waals surface area contributed by atoms with Gasteiger partial charge in [0.05, 0.1) is 29.6 Å². The van der Waals surface area contributed by atoms with E-state index in [1.807, 2.05) is 0 Å². The van der Waals surface area contributed by atoms with Gasteiger partial charge in [-0.1, -0.05) is 12.1 Å². The van der Waals surface area contributed by atoms with Gasteiger partial charge in [-0.05, 0) is 36.4 Å². The normalized spacial score (nSPS) is 10.2. The number of amides is 2. The lowest BCUT2D eigenvalue weighted by molar-refractivity contribution is -0.119. The predicted octanol–water partition coefficient (Wildman–Crippen LogP) is 3.18. The Morgan fingerprint density at radius 1 is 0.967 bits per heavy atom. The fourth-order valence-electron chi connectivity index (χ4n) is 2.36. The van der Waals surface area contributed by atoms with E-state index in [1.165, 1.54) is 43.7 Å². The minimum Gasteiger partial charge on any atom is -0.465 e. The average molecular weight is 428 g/mol. The van der Waals surface area contributed by atoms with E-state index in [4.69, 9.17) is 9.15 Å². The number of methoxy groups -OCH3 is 1. The molecule has 154 valence electrons. The third kappa shape index (κ3) is 5.11. The van der Waals surface area contributed by atoms with Crippen LogP contribution in [0.2, 0.25) is 0 Å². The molecule has 0 atom stereocenters. The summed E-state index contributed by atoms with van der Waals surface area (Å²) in [6.07, 6.45) is 1.38. The third-order valence-corrected chi connectivity index (χ3v) is 4.71. The highest BCUT2D eigenvalue weighted by Gasteiger charge is 2.17. The van der Waals surface area contributed by atoms with Gasteiger partial charge in [0, 0.05) is 0 Å². The second-order valence-corrected chi connectivity index (χ2v) is 6.84. The Bertz CT molecular complexity index is 1070. The largest absolute Gasteiger partial charge is 0.465 e. The van der Waals surface area contributed by atoms with Crippen molar-refractivity contribution in [3.05, 3.63) is 71.0 Å². The van der Waals surface area contributed by atoms with Gasteiger partial charge >= 0.3 is 11.9 Å². The van der Waals surface area contributed by atoms with Crippen LogP contribution < -0.4 is 10.6 Å². The molecule has 0 spiro atoms. The van der Waals surface area contributed by atoms with Gasteiger partial charge in [0.15, 0.2) is 12.4 Å². The van der Waals surface area contributed by atoms with Crippen molar-refractivity contribution < 1.29 is 33.1 Å². The van der Waals surface area contributed by atoms with Crippen molar-refractivity contribution in [3.63, 3.8) is 0 Å². The van der Waals surface area contributed by atoms with E-state index in [0.717, 1.165) is 11.3 Å². The summed E-state index contributed by atoms with van der Waals surface area (Å²) in [7, 11) is 1.23. The number of carbonyl (C=O) groups is 4. The first-order valence-electron chi connectivity index (χ1n) is 8.57. The fourth-order valence-corrected chi connectivity index (χ4v) is 3.16. The first kappa shape index (κ1) is 20.8. The van der Waals surface area contributed by atoms with Crippen LogP contribution in [0.15, 0.2) is 59.2 Å². The van der Waals surface area contributed by atoms with E-state index >= 15 is 0 Å². The number of esters is 2. The summed E-state index contributed by atoms with van der Waals surface area (Å²) in [6.45, 7) is -0.555. The lowest BCUT2D eigenvalue weighted by atomic mass is 10.2. The second kappa shape index (κ2) is 9.52. The predicted molar refractivity (Wildman–Crippen MR) is 108 cm³/mol. The van der Waals surface area contributed by atoms with Gasteiger partial charge in [-0.3, -0.25) is 9.59 Å². The molecule has 0 bridgehead atoms. The van der Waals surface area contributed by atoms with Crippen molar-refractivity contribution in [3.8, 4) is 0 Å². The molecular weight excluding hydrogens is 412 g/mol. The van der Waals surface area contributed by atoms with Crippen LogP contribution in [0.4, 0.5) is 10.7 Å². The number of thiophene rings is 1. The van der Waals surface area contributed by atoms with E-state index in [2.05, 4.69) is 15.4 Å². The Morgan fingerprint density at radius 2 is 1.77 bits per heavy atom. The summed E-state index contributed by atoms with van der Waals surface area (Å²) in [4.78, 5) is 48.1. The first-order chi connectivity index (χ1) is 14.5. The molecule has 0 aliphatic heterocycles. The monoisotopic (exact) mass is 428 g/mol. The molecule has 0 saturated heterocycles. The van der Waals surface area contributed by atoms with E-state index in [9.17, 15) is 19.2 Å². The Kier molecular flexibility index (Phi) is 6.60. The van der Waals surface area contributed by atoms with Gasteiger partial charge < -0.3 is 24.5 Å². The van der Waals surface area contributed by atoms with Crippen molar-refractivity contribution in [1.82, 2.24) is 0 Å². The topological polar surface area (TPSA) is 124 Å². The Morgan fingerprint density at radius 3 is 2.50 bits per heavy atom. The molecule has 2 heterocycles. The summed E-state index contributed by atoms with van der Waals surface area (Å²) in [6, 6.07) is 12.4. The standard InChI is InChI=1S/C20H16N2O7S/c1-27-19(25)12-5-2-3-6-13(12)21-16(23)11-29-20(26)15-8-9-17(30-15)22-18(24)14-7-4-10-28-14/h2-10H,11H2,1H3,(H,21,23)(H,22,24). The zero-order valence-corrected chi connectivity index (χ0v) is 16.5. The number of para-hydroxylation sites is 1. The average Bonchev–Trinajstić information content (AvgIpc) is 3.44. The number of hydrogen-bond donors (Lipinski definition) is 2. The quantitative estimate of drug-likeness (QED) is 0.554. The molecule has 2 N–H and O–H groups in total. The van der Waals surface area contributed by atoms with Crippen LogP contribution in [-0.2, 0) is 14.3 Å². The zero-order valence-electron chi connectivity index (χ0n) is 15.7. The van der Waals surface area contributed by atoms with Crippen molar-refractivity contribution in [2.75, 3.05) is 24.4 Å². The molecule has 30 heavy (non-hydrogen) atoms. The summed E-state index contributed by atoms with van der Waals surface area (Å²) < 4.78 is 14.6. The molecule has 3 rings (SSSR count). The lowest BCUT2D eigenvalue weighted by Gasteiger charge is -2.09. The highest BCUT2D eigenvalue weighted by molar-refractivity contribution is 7.18. The Balaban J connectivity index is 1.54. The van der Waals surface area contributed by atoms with Crippen LogP contribution in [0.1, 0.15) is 30.6 Å². The molecule has 2 aromatic heterocycles. The van der Waals surface area contributed by atoms with E-state index in [-0.39, 0.29) is 21.9 Å². The van der Waals surface area contributed by atoms with Crippen molar-refractivity contribution in [2.24, 2.45) is 0 Å². The van der Waals surface area contributed by atoms with Crippen LogP contribution in [0.25, 0.3) is 0 Å². The molecule has 0 fully saturated rings. The van der Waals surface area contributed by atoms with Gasteiger partial charge in [0.25, 0.3) is 11.8 Å². The number of rotatable bonds is 7. The lowest BCUT2D eigenvalue weighted by Crippen LogP contribution is -2.22. The van der Waals surface area contributed by atoms with E-state index < -0.39 is 30.4 Å².